The van der Waals surface area contributed by atoms with Crippen molar-refractivity contribution in [3.63, 3.8) is 0 Å². The molecule has 68 valence electrons. The third-order valence-corrected chi connectivity index (χ3v) is 2.13. The molecule has 0 aliphatic heterocycles. The molecule has 0 spiro atoms. The average molecular weight is 206 g/mol. The Morgan fingerprint density at radius 2 is 2.00 bits per heavy atom. The predicted octanol–water partition coefficient (Wildman–Crippen LogP) is 3.09. The standard InChI is InChI=1S/C9H12ClN.ClH/c1-6-5-8(7(2)11)3-4-9(6)10;/h3-5,7H,11H2,1-2H3;1H/t7-;/m1./s1. The topological polar surface area (TPSA) is 26.0 Å². The molecule has 0 fully saturated rings. The first kappa shape index (κ1) is 11.8. The molecule has 0 saturated heterocycles. The first-order chi connectivity index (χ1) is 5.11. The second-order valence-corrected chi connectivity index (χ2v) is 3.20. The molecule has 1 aromatic rings. The fraction of sp³-hybridized carbons (Fsp3) is 0.333. The van der Waals surface area contributed by atoms with E-state index in [9.17, 15) is 0 Å². The maximum atomic E-state index is 5.84. The zero-order chi connectivity index (χ0) is 8.43. The molecular weight excluding hydrogens is 193 g/mol. The maximum Gasteiger partial charge on any atom is 0.0435 e. The number of aryl methyl sites for hydroxylation is 1. The molecule has 2 N–H and O–H groups in total. The lowest BCUT2D eigenvalue weighted by molar-refractivity contribution is 0.817. The van der Waals surface area contributed by atoms with Gasteiger partial charge in [-0.25, -0.2) is 0 Å². The summed E-state index contributed by atoms with van der Waals surface area (Å²) in [4.78, 5) is 0. The van der Waals surface area contributed by atoms with E-state index in [0.29, 0.717) is 0 Å². The van der Waals surface area contributed by atoms with Crippen LogP contribution in [0.1, 0.15) is 24.1 Å². The van der Waals surface area contributed by atoms with Gasteiger partial charge >= 0.3 is 0 Å². The van der Waals surface area contributed by atoms with E-state index in [1.807, 2.05) is 32.0 Å². The lowest BCUT2D eigenvalue weighted by Crippen LogP contribution is -2.04. The number of hydrogen-bond donors (Lipinski definition) is 1. The predicted molar refractivity (Wildman–Crippen MR) is 56.0 cm³/mol. The molecule has 0 aliphatic rings. The van der Waals surface area contributed by atoms with Crippen molar-refractivity contribution in [2.75, 3.05) is 0 Å². The highest BCUT2D eigenvalue weighted by Gasteiger charge is 2.00. The largest absolute Gasteiger partial charge is 0.324 e. The summed E-state index contributed by atoms with van der Waals surface area (Å²) < 4.78 is 0. The van der Waals surface area contributed by atoms with Crippen LogP contribution in [-0.4, -0.2) is 0 Å². The normalized spacial score (nSPS) is 12.0. The molecule has 0 radical (unpaired) electrons. The van der Waals surface area contributed by atoms with Crippen LogP contribution in [0.25, 0.3) is 0 Å². The van der Waals surface area contributed by atoms with Crippen LogP contribution in [0.15, 0.2) is 18.2 Å². The van der Waals surface area contributed by atoms with Crippen molar-refractivity contribution in [1.29, 1.82) is 0 Å². The van der Waals surface area contributed by atoms with Crippen LogP contribution in [0.2, 0.25) is 5.02 Å². The quantitative estimate of drug-likeness (QED) is 0.750. The molecule has 0 saturated carbocycles. The Labute approximate surface area is 84.3 Å². The van der Waals surface area contributed by atoms with Crippen molar-refractivity contribution in [3.05, 3.63) is 34.3 Å². The smallest absolute Gasteiger partial charge is 0.0435 e. The Bertz CT molecular complexity index is 259. The van der Waals surface area contributed by atoms with Crippen LogP contribution in [0.5, 0.6) is 0 Å². The Kier molecular flexibility index (Phi) is 4.61. The van der Waals surface area contributed by atoms with E-state index in [0.717, 1.165) is 16.1 Å². The van der Waals surface area contributed by atoms with Crippen molar-refractivity contribution in [1.82, 2.24) is 0 Å². The second kappa shape index (κ2) is 4.70. The maximum absolute atomic E-state index is 5.84. The van der Waals surface area contributed by atoms with Crippen molar-refractivity contribution < 1.29 is 0 Å². The minimum atomic E-state index is 0. The van der Waals surface area contributed by atoms with E-state index >= 15 is 0 Å². The van der Waals surface area contributed by atoms with E-state index in [4.69, 9.17) is 17.3 Å². The number of benzene rings is 1. The SMILES string of the molecule is Cc1cc([C@@H](C)N)ccc1Cl.Cl. The Balaban J connectivity index is 0.00000121. The summed E-state index contributed by atoms with van der Waals surface area (Å²) in [6, 6.07) is 5.95. The molecule has 1 atom stereocenters. The van der Waals surface area contributed by atoms with Gasteiger partial charge in [0, 0.05) is 11.1 Å². The van der Waals surface area contributed by atoms with Gasteiger partial charge in [0.1, 0.15) is 0 Å². The third kappa shape index (κ3) is 2.67. The summed E-state index contributed by atoms with van der Waals surface area (Å²) in [6.45, 7) is 3.94. The fourth-order valence-electron chi connectivity index (χ4n) is 0.951. The highest BCUT2D eigenvalue weighted by Crippen LogP contribution is 2.19. The lowest BCUT2D eigenvalue weighted by atomic mass is 10.1. The highest BCUT2D eigenvalue weighted by molar-refractivity contribution is 6.31. The van der Waals surface area contributed by atoms with E-state index in [-0.39, 0.29) is 18.4 Å². The molecule has 1 nitrogen and oxygen atoms in total. The summed E-state index contributed by atoms with van der Waals surface area (Å²) >= 11 is 5.84. The fourth-order valence-corrected chi connectivity index (χ4v) is 1.07. The van der Waals surface area contributed by atoms with Gasteiger partial charge in [-0.1, -0.05) is 23.7 Å². The summed E-state index contributed by atoms with van der Waals surface area (Å²) in [5.74, 6) is 0. The summed E-state index contributed by atoms with van der Waals surface area (Å²) in [7, 11) is 0. The molecule has 3 heteroatoms. The molecule has 0 aliphatic carbocycles. The molecule has 0 amide bonds. The van der Waals surface area contributed by atoms with Crippen LogP contribution in [0.4, 0.5) is 0 Å². The number of nitrogens with two attached hydrogens (primary N) is 1. The van der Waals surface area contributed by atoms with Gasteiger partial charge in [-0.3, -0.25) is 0 Å². The summed E-state index contributed by atoms with van der Waals surface area (Å²) in [6.07, 6.45) is 0. The molecule has 0 bridgehead atoms. The van der Waals surface area contributed by atoms with Gasteiger partial charge in [-0.2, -0.15) is 0 Å². The van der Waals surface area contributed by atoms with E-state index < -0.39 is 0 Å². The Morgan fingerprint density at radius 3 is 2.42 bits per heavy atom. The third-order valence-electron chi connectivity index (χ3n) is 1.71. The van der Waals surface area contributed by atoms with Gasteiger partial charge in [0.25, 0.3) is 0 Å². The second-order valence-electron chi connectivity index (χ2n) is 2.80. The minimum absolute atomic E-state index is 0. The molecule has 0 heterocycles. The van der Waals surface area contributed by atoms with Gasteiger partial charge in [0.2, 0.25) is 0 Å². The van der Waals surface area contributed by atoms with Gasteiger partial charge in [-0.15, -0.1) is 12.4 Å². The zero-order valence-corrected chi connectivity index (χ0v) is 8.75. The van der Waals surface area contributed by atoms with Crippen LogP contribution < -0.4 is 5.73 Å². The first-order valence-corrected chi connectivity index (χ1v) is 4.00. The lowest BCUT2D eigenvalue weighted by Gasteiger charge is -2.06. The molecule has 1 rings (SSSR count). The highest BCUT2D eigenvalue weighted by atomic mass is 35.5. The minimum Gasteiger partial charge on any atom is -0.324 e. The van der Waals surface area contributed by atoms with Crippen molar-refractivity contribution in [2.45, 2.75) is 19.9 Å². The van der Waals surface area contributed by atoms with Gasteiger partial charge < -0.3 is 5.73 Å². The number of rotatable bonds is 1. The average Bonchev–Trinajstić information content (AvgIpc) is 1.94. The monoisotopic (exact) mass is 205 g/mol. The van der Waals surface area contributed by atoms with Crippen LogP contribution in [-0.2, 0) is 0 Å². The molecular formula is C9H13Cl2N. The molecule has 0 unspecified atom stereocenters. The number of halogens is 2. The Morgan fingerprint density at radius 1 is 1.42 bits per heavy atom. The van der Waals surface area contributed by atoms with Crippen molar-refractivity contribution in [3.8, 4) is 0 Å². The van der Waals surface area contributed by atoms with Crippen LogP contribution in [0.3, 0.4) is 0 Å². The van der Waals surface area contributed by atoms with Gasteiger partial charge in [0.05, 0.1) is 0 Å². The van der Waals surface area contributed by atoms with Crippen molar-refractivity contribution in [2.24, 2.45) is 5.73 Å². The van der Waals surface area contributed by atoms with Gasteiger partial charge in [-0.05, 0) is 31.0 Å². The van der Waals surface area contributed by atoms with E-state index in [1.165, 1.54) is 0 Å². The first-order valence-electron chi connectivity index (χ1n) is 3.63. The van der Waals surface area contributed by atoms with Gasteiger partial charge in [0.15, 0.2) is 0 Å². The van der Waals surface area contributed by atoms with E-state index in [2.05, 4.69) is 0 Å². The van der Waals surface area contributed by atoms with Crippen LogP contribution in [0, 0.1) is 6.92 Å². The van der Waals surface area contributed by atoms with Crippen LogP contribution >= 0.6 is 24.0 Å². The molecule has 0 aromatic heterocycles. The molecule has 12 heavy (non-hydrogen) atoms. The van der Waals surface area contributed by atoms with E-state index in [1.54, 1.807) is 0 Å². The zero-order valence-electron chi connectivity index (χ0n) is 7.17. The molecule has 1 aromatic carbocycles. The summed E-state index contributed by atoms with van der Waals surface area (Å²) in [5.41, 5.74) is 7.91. The van der Waals surface area contributed by atoms with Crippen molar-refractivity contribution >= 4 is 24.0 Å². The Hall–Kier alpha value is -0.240. The summed E-state index contributed by atoms with van der Waals surface area (Å²) in [5, 5.41) is 0.800. The number of hydrogen-bond acceptors (Lipinski definition) is 1.